The van der Waals surface area contributed by atoms with Crippen molar-refractivity contribution < 1.29 is 9.53 Å². The summed E-state index contributed by atoms with van der Waals surface area (Å²) in [5, 5.41) is 1.97. The summed E-state index contributed by atoms with van der Waals surface area (Å²) < 4.78 is 5.19. The molecule has 25 heavy (non-hydrogen) atoms. The van der Waals surface area contributed by atoms with E-state index in [1.807, 2.05) is 28.5 Å². The number of carbonyl (C=O) groups excluding carboxylic acids is 1. The number of thiophene rings is 1. The van der Waals surface area contributed by atoms with Crippen molar-refractivity contribution >= 4 is 23.1 Å². The van der Waals surface area contributed by atoms with Gasteiger partial charge in [0.25, 0.3) is 5.91 Å². The first-order chi connectivity index (χ1) is 12.2. The molecule has 0 unspecified atom stereocenters. The van der Waals surface area contributed by atoms with Gasteiger partial charge in [-0.1, -0.05) is 6.07 Å². The van der Waals surface area contributed by atoms with Crippen LogP contribution in [0.2, 0.25) is 0 Å². The molecule has 2 fully saturated rings. The third-order valence-electron chi connectivity index (χ3n) is 5.44. The van der Waals surface area contributed by atoms with Crippen LogP contribution in [0.4, 0.5) is 5.82 Å². The zero-order chi connectivity index (χ0) is 17.3. The fourth-order valence-corrected chi connectivity index (χ4v) is 4.59. The number of methoxy groups -OCH3 is 1. The summed E-state index contributed by atoms with van der Waals surface area (Å²) in [4.78, 5) is 26.2. The van der Waals surface area contributed by atoms with Crippen LogP contribution in [0.1, 0.15) is 28.9 Å². The molecule has 2 aliphatic heterocycles. The molecular formula is C18H22N4O2S. The van der Waals surface area contributed by atoms with Gasteiger partial charge >= 0.3 is 0 Å². The first kappa shape index (κ1) is 16.3. The summed E-state index contributed by atoms with van der Waals surface area (Å²) >= 11 is 1.53. The minimum absolute atomic E-state index is 0.190. The van der Waals surface area contributed by atoms with Gasteiger partial charge in [-0.2, -0.15) is 0 Å². The van der Waals surface area contributed by atoms with Gasteiger partial charge in [0.15, 0.2) is 0 Å². The predicted molar refractivity (Wildman–Crippen MR) is 97.3 cm³/mol. The van der Waals surface area contributed by atoms with Crippen molar-refractivity contribution in [3.05, 3.63) is 34.8 Å². The van der Waals surface area contributed by atoms with Gasteiger partial charge in [0.2, 0.25) is 5.88 Å². The molecule has 2 saturated heterocycles. The number of nitrogens with zero attached hydrogens (tertiary/aromatic N) is 4. The number of rotatable bonds is 3. The molecule has 4 rings (SSSR count). The Morgan fingerprint density at radius 3 is 2.76 bits per heavy atom. The average Bonchev–Trinajstić information content (AvgIpc) is 3.33. The number of anilines is 1. The lowest BCUT2D eigenvalue weighted by molar-refractivity contribution is 0.0769. The Morgan fingerprint density at radius 2 is 2.04 bits per heavy atom. The Morgan fingerprint density at radius 1 is 1.24 bits per heavy atom. The van der Waals surface area contributed by atoms with Gasteiger partial charge in [-0.3, -0.25) is 4.79 Å². The van der Waals surface area contributed by atoms with Crippen molar-refractivity contribution in [2.24, 2.45) is 5.41 Å². The molecule has 2 aromatic heterocycles. The maximum absolute atomic E-state index is 12.6. The van der Waals surface area contributed by atoms with Gasteiger partial charge in [0.05, 0.1) is 12.0 Å². The van der Waals surface area contributed by atoms with E-state index in [4.69, 9.17) is 4.74 Å². The summed E-state index contributed by atoms with van der Waals surface area (Å²) in [6.07, 6.45) is 4.83. The highest BCUT2D eigenvalue weighted by atomic mass is 32.1. The van der Waals surface area contributed by atoms with E-state index in [9.17, 15) is 4.79 Å². The summed E-state index contributed by atoms with van der Waals surface area (Å²) in [6.45, 7) is 3.67. The maximum atomic E-state index is 12.6. The molecule has 1 spiro atoms. The number of ether oxygens (including phenoxy) is 1. The van der Waals surface area contributed by atoms with E-state index in [1.54, 1.807) is 13.4 Å². The first-order valence-corrected chi connectivity index (χ1v) is 9.51. The summed E-state index contributed by atoms with van der Waals surface area (Å²) in [6, 6.07) is 5.75. The Bertz CT molecular complexity index is 741. The van der Waals surface area contributed by atoms with Crippen LogP contribution >= 0.6 is 11.3 Å². The Hall–Kier alpha value is -2.15. The predicted octanol–water partition coefficient (Wildman–Crippen LogP) is 2.68. The lowest BCUT2D eigenvalue weighted by Gasteiger charge is -2.39. The van der Waals surface area contributed by atoms with Crippen LogP contribution in [0.5, 0.6) is 5.88 Å². The topological polar surface area (TPSA) is 58.6 Å². The average molecular weight is 358 g/mol. The SMILES string of the molecule is COc1cc(N2CCC3(CCN(C(=O)c4cccs4)C3)CC2)ncn1. The van der Waals surface area contributed by atoms with E-state index in [1.165, 1.54) is 11.3 Å². The number of hydrogen-bond donors (Lipinski definition) is 0. The number of amides is 1. The van der Waals surface area contributed by atoms with Gasteiger partial charge in [-0.15, -0.1) is 11.3 Å². The molecule has 0 saturated carbocycles. The molecular weight excluding hydrogens is 336 g/mol. The second kappa shape index (κ2) is 6.63. The van der Waals surface area contributed by atoms with Crippen molar-refractivity contribution in [3.63, 3.8) is 0 Å². The lowest BCUT2D eigenvalue weighted by Crippen LogP contribution is -2.42. The van der Waals surface area contributed by atoms with Gasteiger partial charge in [0, 0.05) is 32.2 Å². The highest BCUT2D eigenvalue weighted by molar-refractivity contribution is 7.12. The molecule has 0 atom stereocenters. The van der Waals surface area contributed by atoms with Crippen molar-refractivity contribution in [2.45, 2.75) is 19.3 Å². The first-order valence-electron chi connectivity index (χ1n) is 8.63. The fraction of sp³-hybridized carbons (Fsp3) is 0.500. The second-order valence-corrected chi connectivity index (χ2v) is 7.81. The quantitative estimate of drug-likeness (QED) is 0.844. The zero-order valence-electron chi connectivity index (χ0n) is 14.4. The molecule has 0 bridgehead atoms. The van der Waals surface area contributed by atoms with E-state index in [0.29, 0.717) is 5.88 Å². The smallest absolute Gasteiger partial charge is 0.263 e. The van der Waals surface area contributed by atoms with E-state index in [2.05, 4.69) is 14.9 Å². The van der Waals surface area contributed by atoms with E-state index in [-0.39, 0.29) is 11.3 Å². The highest BCUT2D eigenvalue weighted by Crippen LogP contribution is 2.41. The van der Waals surface area contributed by atoms with Crippen LogP contribution in [0.15, 0.2) is 29.9 Å². The Labute approximate surface area is 151 Å². The third-order valence-corrected chi connectivity index (χ3v) is 6.30. The zero-order valence-corrected chi connectivity index (χ0v) is 15.2. The molecule has 2 aliphatic rings. The molecule has 1 amide bonds. The normalized spacial score (nSPS) is 19.4. The van der Waals surface area contributed by atoms with Gasteiger partial charge < -0.3 is 14.5 Å². The summed E-state index contributed by atoms with van der Waals surface area (Å²) in [5.74, 6) is 1.71. The van der Waals surface area contributed by atoms with Crippen molar-refractivity contribution in [1.29, 1.82) is 0 Å². The number of piperidine rings is 1. The van der Waals surface area contributed by atoms with Gasteiger partial charge in [0.1, 0.15) is 12.1 Å². The van der Waals surface area contributed by atoms with Crippen LogP contribution < -0.4 is 9.64 Å². The van der Waals surface area contributed by atoms with Crippen LogP contribution in [-0.4, -0.2) is 54.1 Å². The Balaban J connectivity index is 1.39. The van der Waals surface area contributed by atoms with Crippen molar-refractivity contribution in [3.8, 4) is 5.88 Å². The molecule has 6 nitrogen and oxygen atoms in total. The number of likely N-dealkylation sites (tertiary alicyclic amines) is 1. The van der Waals surface area contributed by atoms with E-state index in [0.717, 1.165) is 56.1 Å². The summed E-state index contributed by atoms with van der Waals surface area (Å²) in [5.41, 5.74) is 0.264. The molecule has 0 N–H and O–H groups in total. The van der Waals surface area contributed by atoms with Crippen molar-refractivity contribution in [1.82, 2.24) is 14.9 Å². The molecule has 4 heterocycles. The number of aromatic nitrogens is 2. The number of carbonyl (C=O) groups is 1. The van der Waals surface area contributed by atoms with Gasteiger partial charge in [-0.05, 0) is 36.1 Å². The molecule has 2 aromatic rings. The molecule has 132 valence electrons. The van der Waals surface area contributed by atoms with Crippen LogP contribution in [0, 0.1) is 5.41 Å². The van der Waals surface area contributed by atoms with Crippen LogP contribution in [0.3, 0.4) is 0 Å². The Kier molecular flexibility index (Phi) is 4.33. The summed E-state index contributed by atoms with van der Waals surface area (Å²) in [7, 11) is 1.62. The maximum Gasteiger partial charge on any atom is 0.263 e. The molecule has 0 aromatic carbocycles. The molecule has 0 aliphatic carbocycles. The van der Waals surface area contributed by atoms with E-state index < -0.39 is 0 Å². The fourth-order valence-electron chi connectivity index (χ4n) is 3.90. The standard InChI is InChI=1S/C18H22N4O2S/c1-24-16-11-15(19-13-20-16)21-7-4-18(5-8-21)6-9-22(12-18)17(23)14-3-2-10-25-14/h2-3,10-11,13H,4-9,12H2,1H3. The van der Waals surface area contributed by atoms with Crippen molar-refractivity contribution in [2.75, 3.05) is 38.2 Å². The third kappa shape index (κ3) is 3.20. The van der Waals surface area contributed by atoms with Gasteiger partial charge in [-0.25, -0.2) is 9.97 Å². The monoisotopic (exact) mass is 358 g/mol. The largest absolute Gasteiger partial charge is 0.481 e. The van der Waals surface area contributed by atoms with Crippen LogP contribution in [0.25, 0.3) is 0 Å². The minimum Gasteiger partial charge on any atom is -0.481 e. The second-order valence-electron chi connectivity index (χ2n) is 6.86. The number of hydrogen-bond acceptors (Lipinski definition) is 6. The minimum atomic E-state index is 0.190. The highest BCUT2D eigenvalue weighted by Gasteiger charge is 2.42. The molecule has 0 radical (unpaired) electrons. The molecule has 7 heteroatoms. The van der Waals surface area contributed by atoms with E-state index >= 15 is 0 Å². The van der Waals surface area contributed by atoms with Crippen LogP contribution in [-0.2, 0) is 0 Å². The lowest BCUT2D eigenvalue weighted by atomic mass is 9.78.